The average molecular weight is 292 g/mol. The largest absolute Gasteiger partial charge is 0.372 e. The van der Waals surface area contributed by atoms with Gasteiger partial charge in [-0.2, -0.15) is 0 Å². The molecule has 1 amide bonds. The molecule has 0 fully saturated rings. The smallest absolute Gasteiger partial charge is 0.250 e. The van der Waals surface area contributed by atoms with Crippen molar-refractivity contribution in [2.45, 2.75) is 11.8 Å². The summed E-state index contributed by atoms with van der Waals surface area (Å²) in [5.74, 6) is -0.385. The van der Waals surface area contributed by atoms with E-state index < -0.39 is 9.84 Å². The minimum Gasteiger partial charge on any atom is -0.372 e. The van der Waals surface area contributed by atoms with Gasteiger partial charge in [-0.05, 0) is 25.1 Å². The van der Waals surface area contributed by atoms with E-state index >= 15 is 0 Å². The fraction of sp³-hybridized carbons (Fsp3) is 0.364. The molecule has 7 heteroatoms. The Morgan fingerprint density at radius 1 is 1.44 bits per heavy atom. The zero-order chi connectivity index (χ0) is 13.8. The quantitative estimate of drug-likeness (QED) is 0.896. The van der Waals surface area contributed by atoms with Crippen LogP contribution in [0.4, 0.5) is 5.69 Å². The maximum Gasteiger partial charge on any atom is 0.250 e. The third-order valence-corrected chi connectivity index (χ3v) is 3.52. The highest BCUT2D eigenvalue weighted by atomic mass is 35.5. The van der Waals surface area contributed by atoms with Gasteiger partial charge in [0, 0.05) is 12.9 Å². The fourth-order valence-electron chi connectivity index (χ4n) is 1.21. The predicted octanol–water partition coefficient (Wildman–Crippen LogP) is 1.72. The van der Waals surface area contributed by atoms with E-state index in [9.17, 15) is 13.2 Å². The highest BCUT2D eigenvalue weighted by Crippen LogP contribution is 2.25. The molecule has 0 bridgehead atoms. The van der Waals surface area contributed by atoms with E-state index in [-0.39, 0.29) is 28.1 Å². The number of anilines is 1. The van der Waals surface area contributed by atoms with Crippen molar-refractivity contribution < 1.29 is 17.9 Å². The predicted molar refractivity (Wildman–Crippen MR) is 69.7 cm³/mol. The number of nitrogens with one attached hydrogen (secondary N) is 1. The third kappa shape index (κ3) is 4.29. The number of carbonyl (C=O) groups excluding carboxylic acids is 1. The second-order valence-corrected chi connectivity index (χ2v) is 6.02. The van der Waals surface area contributed by atoms with Crippen LogP contribution in [0, 0.1) is 0 Å². The van der Waals surface area contributed by atoms with Crippen LogP contribution >= 0.6 is 11.6 Å². The summed E-state index contributed by atoms with van der Waals surface area (Å²) < 4.78 is 27.7. The molecule has 0 unspecified atom stereocenters. The Kier molecular flexibility index (Phi) is 5.13. The van der Waals surface area contributed by atoms with Gasteiger partial charge in [0.15, 0.2) is 9.84 Å². The van der Waals surface area contributed by atoms with E-state index in [2.05, 4.69) is 5.32 Å². The molecule has 0 heterocycles. The molecule has 0 saturated carbocycles. The number of sulfone groups is 1. The van der Waals surface area contributed by atoms with Gasteiger partial charge in [0.05, 0.1) is 15.6 Å². The fourth-order valence-corrected chi connectivity index (χ4v) is 2.02. The first-order valence-corrected chi connectivity index (χ1v) is 7.48. The summed E-state index contributed by atoms with van der Waals surface area (Å²) in [7, 11) is -3.34. The molecular formula is C11H14ClNO4S. The van der Waals surface area contributed by atoms with Gasteiger partial charge in [0.1, 0.15) is 6.61 Å². The molecule has 1 aromatic carbocycles. The lowest BCUT2D eigenvalue weighted by Gasteiger charge is -2.08. The molecule has 0 aromatic heterocycles. The van der Waals surface area contributed by atoms with Crippen LogP contribution in [-0.2, 0) is 19.4 Å². The highest BCUT2D eigenvalue weighted by molar-refractivity contribution is 7.90. The number of ether oxygens (including phenoxy) is 1. The van der Waals surface area contributed by atoms with E-state index in [0.29, 0.717) is 6.61 Å². The van der Waals surface area contributed by atoms with Gasteiger partial charge >= 0.3 is 0 Å². The third-order valence-electron chi connectivity index (χ3n) is 2.08. The van der Waals surface area contributed by atoms with Crippen molar-refractivity contribution in [3.8, 4) is 0 Å². The summed E-state index contributed by atoms with van der Waals surface area (Å²) in [5.41, 5.74) is 0.254. The van der Waals surface area contributed by atoms with Gasteiger partial charge < -0.3 is 10.1 Å². The van der Waals surface area contributed by atoms with Crippen molar-refractivity contribution in [3.05, 3.63) is 23.2 Å². The van der Waals surface area contributed by atoms with Gasteiger partial charge in [-0.25, -0.2) is 8.42 Å². The number of rotatable bonds is 5. The van der Waals surface area contributed by atoms with Gasteiger partial charge in [-0.15, -0.1) is 0 Å². The number of carbonyl (C=O) groups is 1. The van der Waals surface area contributed by atoms with Crippen LogP contribution in [0.25, 0.3) is 0 Å². The van der Waals surface area contributed by atoms with E-state index in [1.54, 1.807) is 6.92 Å². The zero-order valence-electron chi connectivity index (χ0n) is 10.1. The normalized spacial score (nSPS) is 11.3. The molecule has 1 aromatic rings. The van der Waals surface area contributed by atoms with E-state index in [0.717, 1.165) is 6.26 Å². The molecule has 1 rings (SSSR count). The van der Waals surface area contributed by atoms with Crippen molar-refractivity contribution in [2.75, 3.05) is 24.8 Å². The first kappa shape index (κ1) is 14.9. The number of halogens is 1. The minimum atomic E-state index is -3.34. The van der Waals surface area contributed by atoms with Crippen LogP contribution in [0.5, 0.6) is 0 Å². The Hall–Kier alpha value is -1.11. The van der Waals surface area contributed by atoms with Crippen LogP contribution in [0.1, 0.15) is 6.92 Å². The first-order chi connectivity index (χ1) is 8.34. The minimum absolute atomic E-state index is 0.0959. The Labute approximate surface area is 111 Å². The van der Waals surface area contributed by atoms with Crippen LogP contribution in [0.3, 0.4) is 0 Å². The molecule has 0 spiro atoms. The second-order valence-electron chi connectivity index (χ2n) is 3.60. The van der Waals surface area contributed by atoms with Crippen LogP contribution in [0.15, 0.2) is 23.1 Å². The monoisotopic (exact) mass is 291 g/mol. The summed E-state index contributed by atoms with van der Waals surface area (Å²) in [6.45, 7) is 2.09. The summed E-state index contributed by atoms with van der Waals surface area (Å²) in [5, 5.41) is 2.77. The average Bonchev–Trinajstić information content (AvgIpc) is 2.28. The number of hydrogen-bond acceptors (Lipinski definition) is 4. The molecule has 0 saturated heterocycles. The van der Waals surface area contributed by atoms with Crippen molar-refractivity contribution in [2.24, 2.45) is 0 Å². The number of amides is 1. The van der Waals surface area contributed by atoms with Crippen molar-refractivity contribution in [1.29, 1.82) is 0 Å². The molecule has 5 nitrogen and oxygen atoms in total. The lowest BCUT2D eigenvalue weighted by Crippen LogP contribution is -2.18. The Morgan fingerprint density at radius 2 is 2.11 bits per heavy atom. The molecule has 1 N–H and O–H groups in total. The van der Waals surface area contributed by atoms with Crippen LogP contribution in [0.2, 0.25) is 5.02 Å². The topological polar surface area (TPSA) is 72.5 Å². The van der Waals surface area contributed by atoms with Crippen molar-refractivity contribution in [3.63, 3.8) is 0 Å². The number of benzene rings is 1. The lowest BCUT2D eigenvalue weighted by atomic mass is 10.3. The van der Waals surface area contributed by atoms with Gasteiger partial charge in [-0.1, -0.05) is 11.6 Å². The molecule has 100 valence electrons. The van der Waals surface area contributed by atoms with E-state index in [4.69, 9.17) is 16.3 Å². The zero-order valence-corrected chi connectivity index (χ0v) is 11.6. The molecule has 0 aliphatic rings. The van der Waals surface area contributed by atoms with Crippen LogP contribution in [-0.4, -0.2) is 33.8 Å². The second kappa shape index (κ2) is 6.17. The summed E-state index contributed by atoms with van der Waals surface area (Å²) in [6.07, 6.45) is 1.09. The molecular weight excluding hydrogens is 278 g/mol. The number of hydrogen-bond donors (Lipinski definition) is 1. The Balaban J connectivity index is 2.92. The van der Waals surface area contributed by atoms with Gasteiger partial charge in [-0.3, -0.25) is 4.79 Å². The van der Waals surface area contributed by atoms with Gasteiger partial charge in [0.2, 0.25) is 5.91 Å². The Bertz CT molecular complexity index is 542. The Morgan fingerprint density at radius 3 is 2.67 bits per heavy atom. The maximum atomic E-state index is 11.4. The summed E-state index contributed by atoms with van der Waals surface area (Å²) in [6, 6.07) is 4.13. The van der Waals surface area contributed by atoms with E-state index in [1.165, 1.54) is 18.2 Å². The van der Waals surface area contributed by atoms with Crippen molar-refractivity contribution >= 4 is 33.0 Å². The molecule has 0 aliphatic carbocycles. The SMILES string of the molecule is CCOCC(=O)Nc1cc(S(C)(=O)=O)ccc1Cl. The molecule has 18 heavy (non-hydrogen) atoms. The molecule has 0 atom stereocenters. The summed E-state index contributed by atoms with van der Waals surface area (Å²) >= 11 is 5.87. The van der Waals surface area contributed by atoms with Crippen LogP contribution < -0.4 is 5.32 Å². The summed E-state index contributed by atoms with van der Waals surface area (Å²) in [4.78, 5) is 11.5. The highest BCUT2D eigenvalue weighted by Gasteiger charge is 2.12. The maximum absolute atomic E-state index is 11.4. The lowest BCUT2D eigenvalue weighted by molar-refractivity contribution is -0.120. The standard InChI is InChI=1S/C11H14ClNO4S/c1-3-17-7-11(14)13-10-6-8(18(2,15)16)4-5-9(10)12/h4-6H,3,7H2,1-2H3,(H,13,14). The van der Waals surface area contributed by atoms with Crippen molar-refractivity contribution in [1.82, 2.24) is 0 Å². The first-order valence-electron chi connectivity index (χ1n) is 5.21. The van der Waals surface area contributed by atoms with E-state index in [1.807, 2.05) is 0 Å². The van der Waals surface area contributed by atoms with Gasteiger partial charge in [0.25, 0.3) is 0 Å². The molecule has 0 aliphatic heterocycles. The molecule has 0 radical (unpaired) electrons.